The zero-order valence-electron chi connectivity index (χ0n) is 10.9. The van der Waals surface area contributed by atoms with Crippen LogP contribution in [-0.2, 0) is 10.2 Å². The van der Waals surface area contributed by atoms with Crippen molar-refractivity contribution in [2.24, 2.45) is 0 Å². The van der Waals surface area contributed by atoms with Gasteiger partial charge in [-0.05, 0) is 32.4 Å². The van der Waals surface area contributed by atoms with Crippen LogP contribution in [0.1, 0.15) is 25.3 Å². The summed E-state index contributed by atoms with van der Waals surface area (Å²) in [5.74, 6) is 0.172. The van der Waals surface area contributed by atoms with Crippen LogP contribution in [-0.4, -0.2) is 25.5 Å². The number of carbonyl (C=O) groups excluding carboxylic acids is 1. The van der Waals surface area contributed by atoms with Gasteiger partial charge in [0.15, 0.2) is 0 Å². The Hall–Kier alpha value is -1.06. The van der Waals surface area contributed by atoms with Crippen LogP contribution in [0.2, 0.25) is 0 Å². The maximum Gasteiger partial charge on any atom is 0.230 e. The second-order valence-corrected chi connectivity index (χ2v) is 4.85. The van der Waals surface area contributed by atoms with E-state index in [1.54, 1.807) is 0 Å². The molecule has 1 atom stereocenters. The van der Waals surface area contributed by atoms with Crippen molar-refractivity contribution in [2.75, 3.05) is 13.6 Å². The average molecular weight is 269 g/mol. The number of carbonyl (C=O) groups is 1. The number of likely N-dealkylation sites (N-methyl/N-ethyl adjacent to an activating group) is 1. The minimum Gasteiger partial charge on any atom is -0.354 e. The molecule has 2 N–H and O–H groups in total. The molecule has 0 spiro atoms. The second kappa shape index (κ2) is 6.21. The van der Waals surface area contributed by atoms with Gasteiger partial charge < -0.3 is 10.6 Å². The molecule has 1 amide bonds. The van der Waals surface area contributed by atoms with Crippen LogP contribution in [0.15, 0.2) is 30.3 Å². The number of nitrogens with one attached hydrogen (secondary N) is 2. The summed E-state index contributed by atoms with van der Waals surface area (Å²) in [5.41, 5.74) is 0.906. The third-order valence-corrected chi connectivity index (χ3v) is 3.57. The Morgan fingerprint density at radius 3 is 2.44 bits per heavy atom. The van der Waals surface area contributed by atoms with Crippen molar-refractivity contribution in [3.05, 3.63) is 35.9 Å². The lowest BCUT2D eigenvalue weighted by molar-refractivity contribution is -0.123. The third kappa shape index (κ3) is 3.03. The van der Waals surface area contributed by atoms with Crippen molar-refractivity contribution in [1.82, 2.24) is 10.6 Å². The summed E-state index contributed by atoms with van der Waals surface area (Å²) in [7, 11) is 1.90. The van der Waals surface area contributed by atoms with Gasteiger partial charge >= 0.3 is 0 Å². The number of hydrogen-bond acceptors (Lipinski definition) is 2. The van der Waals surface area contributed by atoms with Crippen LogP contribution in [0.4, 0.5) is 0 Å². The Bertz CT molecular complexity index is 390. The summed E-state index contributed by atoms with van der Waals surface area (Å²) in [6.07, 6.45) is 1.94. The zero-order chi connectivity index (χ0) is 12.3. The fraction of sp³-hybridized carbons (Fsp3) is 0.500. The number of hydrogen-bond donors (Lipinski definition) is 2. The number of rotatable bonds is 5. The molecule has 1 aliphatic rings. The number of halogens is 1. The fourth-order valence-electron chi connectivity index (χ4n) is 2.05. The fourth-order valence-corrected chi connectivity index (χ4v) is 2.05. The first kappa shape index (κ1) is 15.0. The maximum absolute atomic E-state index is 12.2. The molecule has 0 radical (unpaired) electrons. The highest BCUT2D eigenvalue weighted by molar-refractivity contribution is 5.91. The van der Waals surface area contributed by atoms with E-state index in [0.717, 1.165) is 18.4 Å². The smallest absolute Gasteiger partial charge is 0.230 e. The molecule has 0 aromatic heterocycles. The van der Waals surface area contributed by atoms with Gasteiger partial charge in [0, 0.05) is 12.6 Å². The lowest BCUT2D eigenvalue weighted by Gasteiger charge is -2.18. The third-order valence-electron chi connectivity index (χ3n) is 3.57. The summed E-state index contributed by atoms with van der Waals surface area (Å²) < 4.78 is 0. The largest absolute Gasteiger partial charge is 0.354 e. The number of amides is 1. The Labute approximate surface area is 115 Å². The van der Waals surface area contributed by atoms with Crippen LogP contribution in [0.5, 0.6) is 0 Å². The molecule has 1 aromatic rings. The van der Waals surface area contributed by atoms with Gasteiger partial charge in [0.1, 0.15) is 0 Å². The molecule has 1 fully saturated rings. The van der Waals surface area contributed by atoms with E-state index in [2.05, 4.69) is 17.6 Å². The SMILES string of the molecule is CNC(C)CNC(=O)C1(c2ccccc2)CC1.Cl. The van der Waals surface area contributed by atoms with Gasteiger partial charge in [-0.3, -0.25) is 4.79 Å². The van der Waals surface area contributed by atoms with Crippen molar-refractivity contribution in [1.29, 1.82) is 0 Å². The van der Waals surface area contributed by atoms with Crippen molar-refractivity contribution in [3.8, 4) is 0 Å². The van der Waals surface area contributed by atoms with Crippen LogP contribution in [0, 0.1) is 0 Å². The Morgan fingerprint density at radius 2 is 1.94 bits per heavy atom. The summed E-state index contributed by atoms with van der Waals surface area (Å²) in [5, 5.41) is 6.15. The Kier molecular flexibility index (Phi) is 5.17. The van der Waals surface area contributed by atoms with Crippen molar-refractivity contribution in [3.63, 3.8) is 0 Å². The summed E-state index contributed by atoms with van der Waals surface area (Å²) in [4.78, 5) is 12.2. The molecular weight excluding hydrogens is 248 g/mol. The molecule has 1 aliphatic carbocycles. The van der Waals surface area contributed by atoms with Crippen LogP contribution >= 0.6 is 12.4 Å². The highest BCUT2D eigenvalue weighted by atomic mass is 35.5. The quantitative estimate of drug-likeness (QED) is 0.856. The first-order chi connectivity index (χ1) is 8.19. The lowest BCUT2D eigenvalue weighted by atomic mass is 9.95. The van der Waals surface area contributed by atoms with Gasteiger partial charge in [0.2, 0.25) is 5.91 Å². The first-order valence-corrected chi connectivity index (χ1v) is 6.20. The minimum absolute atomic E-state index is 0. The Morgan fingerprint density at radius 1 is 1.33 bits per heavy atom. The second-order valence-electron chi connectivity index (χ2n) is 4.85. The topological polar surface area (TPSA) is 41.1 Å². The zero-order valence-corrected chi connectivity index (χ0v) is 11.7. The van der Waals surface area contributed by atoms with Gasteiger partial charge in [-0.15, -0.1) is 12.4 Å². The van der Waals surface area contributed by atoms with E-state index in [1.165, 1.54) is 0 Å². The molecule has 3 nitrogen and oxygen atoms in total. The molecule has 0 bridgehead atoms. The van der Waals surface area contributed by atoms with Gasteiger partial charge in [0.25, 0.3) is 0 Å². The summed E-state index contributed by atoms with van der Waals surface area (Å²) in [6, 6.07) is 10.4. The normalized spacial score (nSPS) is 17.4. The molecule has 4 heteroatoms. The van der Waals surface area contributed by atoms with Gasteiger partial charge in [-0.25, -0.2) is 0 Å². The van der Waals surface area contributed by atoms with Gasteiger partial charge in [-0.2, -0.15) is 0 Å². The molecule has 1 saturated carbocycles. The average Bonchev–Trinajstić information content (AvgIpc) is 3.18. The predicted octanol–water partition coefficient (Wildman–Crippen LogP) is 1.86. The lowest BCUT2D eigenvalue weighted by Crippen LogP contribution is -2.41. The standard InChI is InChI=1S/C14H20N2O.ClH/c1-11(15-2)10-16-13(17)14(8-9-14)12-6-4-3-5-7-12;/h3-7,11,15H,8-10H2,1-2H3,(H,16,17);1H. The van der Waals surface area contributed by atoms with E-state index in [4.69, 9.17) is 0 Å². The van der Waals surface area contributed by atoms with E-state index in [-0.39, 0.29) is 23.7 Å². The maximum atomic E-state index is 12.2. The molecule has 0 heterocycles. The first-order valence-electron chi connectivity index (χ1n) is 6.20. The molecule has 0 saturated heterocycles. The van der Waals surface area contributed by atoms with Crippen LogP contribution in [0.25, 0.3) is 0 Å². The van der Waals surface area contributed by atoms with Crippen molar-refractivity contribution in [2.45, 2.75) is 31.2 Å². The van der Waals surface area contributed by atoms with Crippen LogP contribution in [0.3, 0.4) is 0 Å². The van der Waals surface area contributed by atoms with E-state index in [9.17, 15) is 4.79 Å². The number of benzene rings is 1. The molecular formula is C14H21ClN2O. The Balaban J connectivity index is 0.00000162. The molecule has 100 valence electrons. The predicted molar refractivity (Wildman–Crippen MR) is 76.1 cm³/mol. The van der Waals surface area contributed by atoms with Crippen molar-refractivity contribution >= 4 is 18.3 Å². The monoisotopic (exact) mass is 268 g/mol. The highest BCUT2D eigenvalue weighted by Gasteiger charge is 2.50. The van der Waals surface area contributed by atoms with E-state index in [0.29, 0.717) is 12.6 Å². The molecule has 0 aliphatic heterocycles. The molecule has 1 aromatic carbocycles. The highest BCUT2D eigenvalue weighted by Crippen LogP contribution is 2.48. The molecule has 1 unspecified atom stereocenters. The van der Waals surface area contributed by atoms with E-state index >= 15 is 0 Å². The van der Waals surface area contributed by atoms with E-state index in [1.807, 2.05) is 37.4 Å². The van der Waals surface area contributed by atoms with E-state index < -0.39 is 0 Å². The summed E-state index contributed by atoms with van der Waals surface area (Å²) >= 11 is 0. The van der Waals surface area contributed by atoms with Crippen molar-refractivity contribution < 1.29 is 4.79 Å². The summed E-state index contributed by atoms with van der Waals surface area (Å²) in [6.45, 7) is 2.74. The van der Waals surface area contributed by atoms with Gasteiger partial charge in [-0.1, -0.05) is 30.3 Å². The molecule has 2 rings (SSSR count). The van der Waals surface area contributed by atoms with Crippen LogP contribution < -0.4 is 10.6 Å². The minimum atomic E-state index is -0.241. The molecule has 18 heavy (non-hydrogen) atoms. The van der Waals surface area contributed by atoms with Gasteiger partial charge in [0.05, 0.1) is 5.41 Å².